The summed E-state index contributed by atoms with van der Waals surface area (Å²) in [5, 5.41) is 10.3. The second-order valence-electron chi connectivity index (χ2n) is 9.01. The second-order valence-corrected chi connectivity index (χ2v) is 9.01. The van der Waals surface area contributed by atoms with Gasteiger partial charge in [-0.3, -0.25) is 9.69 Å². The van der Waals surface area contributed by atoms with Gasteiger partial charge in [0.15, 0.2) is 23.4 Å². The SMILES string of the molecule is O=C1CC[C@@]2(F)[C@H]3Cc4ccc(O)c5c4[C@@]2(CCN3CC2CCC2)C1O5. The van der Waals surface area contributed by atoms with Crippen LogP contribution in [0, 0.1) is 5.92 Å². The molecule has 1 unspecified atom stereocenters. The number of ether oxygens (including phenoxy) is 1. The van der Waals surface area contributed by atoms with Crippen LogP contribution in [0.4, 0.5) is 4.39 Å². The molecule has 0 amide bonds. The van der Waals surface area contributed by atoms with E-state index in [9.17, 15) is 9.90 Å². The van der Waals surface area contributed by atoms with E-state index >= 15 is 4.39 Å². The van der Waals surface area contributed by atoms with Crippen LogP contribution < -0.4 is 4.74 Å². The molecule has 4 atom stereocenters. The summed E-state index contributed by atoms with van der Waals surface area (Å²) >= 11 is 0. The zero-order valence-electron chi connectivity index (χ0n) is 14.8. The molecule has 138 valence electrons. The van der Waals surface area contributed by atoms with Gasteiger partial charge in [0.05, 0.1) is 5.41 Å². The number of hydrogen-bond donors (Lipinski definition) is 1. The van der Waals surface area contributed by atoms with Crippen molar-refractivity contribution < 1.29 is 19.0 Å². The fourth-order valence-corrected chi connectivity index (χ4v) is 6.58. The molecule has 0 radical (unpaired) electrons. The van der Waals surface area contributed by atoms with Crippen LogP contribution >= 0.6 is 0 Å². The molecule has 4 nitrogen and oxygen atoms in total. The third-order valence-electron chi connectivity index (χ3n) is 8.01. The summed E-state index contributed by atoms with van der Waals surface area (Å²) in [4.78, 5) is 15.1. The number of hydrogen-bond acceptors (Lipinski definition) is 4. The van der Waals surface area contributed by atoms with Crippen LogP contribution in [0.1, 0.15) is 49.7 Å². The Kier molecular flexibility index (Phi) is 2.85. The van der Waals surface area contributed by atoms with Gasteiger partial charge in [-0.2, -0.15) is 0 Å². The maximum Gasteiger partial charge on any atom is 0.174 e. The number of phenolic OH excluding ortho intramolecular Hbond substituents is 1. The fourth-order valence-electron chi connectivity index (χ4n) is 6.58. The highest BCUT2D eigenvalue weighted by molar-refractivity contribution is 5.90. The minimum Gasteiger partial charge on any atom is -0.504 e. The van der Waals surface area contributed by atoms with E-state index in [-0.39, 0.29) is 30.4 Å². The second kappa shape index (κ2) is 4.80. The smallest absolute Gasteiger partial charge is 0.174 e. The van der Waals surface area contributed by atoms with E-state index in [1.54, 1.807) is 6.07 Å². The Morgan fingerprint density at radius 3 is 2.92 bits per heavy atom. The van der Waals surface area contributed by atoms with E-state index in [2.05, 4.69) is 4.90 Å². The van der Waals surface area contributed by atoms with E-state index in [1.165, 1.54) is 19.3 Å². The molecule has 1 saturated heterocycles. The summed E-state index contributed by atoms with van der Waals surface area (Å²) < 4.78 is 22.8. The van der Waals surface area contributed by atoms with Gasteiger partial charge in [0.2, 0.25) is 0 Å². The number of carbonyl (C=O) groups is 1. The summed E-state index contributed by atoms with van der Waals surface area (Å²) in [6.45, 7) is 1.79. The average molecular weight is 357 g/mol. The van der Waals surface area contributed by atoms with E-state index in [4.69, 9.17) is 4.74 Å². The van der Waals surface area contributed by atoms with Gasteiger partial charge in [-0.05, 0) is 56.2 Å². The molecule has 0 aromatic heterocycles. The van der Waals surface area contributed by atoms with Gasteiger partial charge in [-0.1, -0.05) is 12.5 Å². The lowest BCUT2D eigenvalue weighted by atomic mass is 9.50. The first-order valence-electron chi connectivity index (χ1n) is 10.0. The van der Waals surface area contributed by atoms with Crippen LogP contribution in [-0.4, -0.2) is 46.7 Å². The fraction of sp³-hybridized carbons (Fsp3) is 0.667. The quantitative estimate of drug-likeness (QED) is 0.884. The Morgan fingerprint density at radius 2 is 2.15 bits per heavy atom. The van der Waals surface area contributed by atoms with Crippen LogP contribution in [0.3, 0.4) is 0 Å². The number of ketones is 1. The number of aromatic hydroxyl groups is 1. The summed E-state index contributed by atoms with van der Waals surface area (Å²) in [5.41, 5.74) is -0.478. The van der Waals surface area contributed by atoms with E-state index < -0.39 is 17.2 Å². The van der Waals surface area contributed by atoms with E-state index in [0.29, 0.717) is 24.5 Å². The molecule has 2 heterocycles. The molecule has 2 saturated carbocycles. The molecule has 5 heteroatoms. The van der Waals surface area contributed by atoms with Crippen LogP contribution in [0.5, 0.6) is 11.5 Å². The number of benzene rings is 1. The predicted octanol–water partition coefficient (Wildman–Crippen LogP) is 2.89. The number of piperidine rings is 1. The van der Waals surface area contributed by atoms with Crippen molar-refractivity contribution in [1.29, 1.82) is 0 Å². The highest BCUT2D eigenvalue weighted by Crippen LogP contribution is 2.66. The number of carbonyl (C=O) groups excluding carboxylic acids is 1. The van der Waals surface area contributed by atoms with Gasteiger partial charge in [0.1, 0.15) is 5.67 Å². The summed E-state index contributed by atoms with van der Waals surface area (Å²) in [7, 11) is 0. The van der Waals surface area contributed by atoms with Gasteiger partial charge < -0.3 is 9.84 Å². The third kappa shape index (κ3) is 1.58. The van der Waals surface area contributed by atoms with Crippen molar-refractivity contribution in [2.75, 3.05) is 13.1 Å². The molecule has 1 N–H and O–H groups in total. The molecular formula is C21H24FNO3. The summed E-state index contributed by atoms with van der Waals surface area (Å²) in [6, 6.07) is 3.38. The molecule has 3 fully saturated rings. The van der Waals surface area contributed by atoms with E-state index in [1.807, 2.05) is 6.07 Å². The molecule has 1 spiro atoms. The maximum atomic E-state index is 16.9. The van der Waals surface area contributed by atoms with Crippen molar-refractivity contribution in [2.24, 2.45) is 5.92 Å². The lowest BCUT2D eigenvalue weighted by Gasteiger charge is -2.61. The lowest BCUT2D eigenvalue weighted by molar-refractivity contribution is -0.162. The molecule has 26 heavy (non-hydrogen) atoms. The largest absolute Gasteiger partial charge is 0.504 e. The van der Waals surface area contributed by atoms with Crippen molar-refractivity contribution in [2.45, 2.75) is 68.2 Å². The third-order valence-corrected chi connectivity index (χ3v) is 8.01. The first-order chi connectivity index (χ1) is 12.5. The monoisotopic (exact) mass is 357 g/mol. The summed E-state index contributed by atoms with van der Waals surface area (Å²) in [6.07, 6.45) is 4.82. The number of Topliss-reactive ketones (excluding diaryl/α,β-unsaturated/α-hetero) is 1. The average Bonchev–Trinajstić information content (AvgIpc) is 2.93. The topological polar surface area (TPSA) is 49.8 Å². The zero-order valence-corrected chi connectivity index (χ0v) is 14.8. The van der Waals surface area contributed by atoms with Gasteiger partial charge in [0.25, 0.3) is 0 Å². The first kappa shape index (κ1) is 15.4. The molecule has 2 bridgehead atoms. The Labute approximate surface area is 152 Å². The Bertz CT molecular complexity index is 822. The van der Waals surface area contributed by atoms with Crippen molar-refractivity contribution >= 4 is 5.78 Å². The van der Waals surface area contributed by atoms with Gasteiger partial charge in [-0.25, -0.2) is 4.39 Å². The van der Waals surface area contributed by atoms with Crippen LogP contribution in [0.15, 0.2) is 12.1 Å². The predicted molar refractivity (Wildman–Crippen MR) is 93.3 cm³/mol. The number of nitrogens with zero attached hydrogens (tertiary/aromatic N) is 1. The Balaban J connectivity index is 1.53. The molecule has 2 aliphatic heterocycles. The van der Waals surface area contributed by atoms with Crippen LogP contribution in [0.2, 0.25) is 0 Å². The van der Waals surface area contributed by atoms with Gasteiger partial charge in [-0.15, -0.1) is 0 Å². The maximum absolute atomic E-state index is 16.9. The molecule has 6 rings (SSSR count). The van der Waals surface area contributed by atoms with Gasteiger partial charge >= 0.3 is 0 Å². The summed E-state index contributed by atoms with van der Waals surface area (Å²) in [5.74, 6) is 1.10. The number of rotatable bonds is 2. The highest BCUT2D eigenvalue weighted by atomic mass is 19.1. The highest BCUT2D eigenvalue weighted by Gasteiger charge is 2.74. The van der Waals surface area contributed by atoms with Crippen LogP contribution in [-0.2, 0) is 16.6 Å². The van der Waals surface area contributed by atoms with Crippen LogP contribution in [0.25, 0.3) is 0 Å². The minimum absolute atomic E-state index is 0.00656. The molecule has 5 aliphatic rings. The van der Waals surface area contributed by atoms with Crippen molar-refractivity contribution in [3.63, 3.8) is 0 Å². The lowest BCUT2D eigenvalue weighted by Crippen LogP contribution is -2.75. The number of phenols is 1. The van der Waals surface area contributed by atoms with Crippen molar-refractivity contribution in [3.8, 4) is 11.5 Å². The molecule has 1 aromatic carbocycles. The van der Waals surface area contributed by atoms with Crippen molar-refractivity contribution in [1.82, 2.24) is 4.90 Å². The standard InChI is InChI=1S/C21H24FNO3/c22-21-7-6-15(25)19-20(21)8-9-23(11-12-2-1-3-12)16(21)10-13-4-5-14(24)18(26-19)17(13)20/h4-5,12,16,19,24H,1-3,6-11H2/t16-,19?,20+,21-/m1/s1. The molecule has 3 aliphatic carbocycles. The minimum atomic E-state index is -1.44. The Morgan fingerprint density at radius 1 is 1.31 bits per heavy atom. The molecule has 1 aromatic rings. The number of alkyl halides is 1. The zero-order chi connectivity index (χ0) is 17.7. The number of likely N-dealkylation sites (tertiary alicyclic amines) is 1. The van der Waals surface area contributed by atoms with Crippen molar-refractivity contribution in [3.05, 3.63) is 23.3 Å². The number of halogens is 1. The Hall–Kier alpha value is -1.62. The normalized spacial score (nSPS) is 40.7. The molecular weight excluding hydrogens is 333 g/mol. The first-order valence-corrected chi connectivity index (χ1v) is 10.0. The van der Waals surface area contributed by atoms with Gasteiger partial charge in [0, 0.05) is 24.6 Å². The van der Waals surface area contributed by atoms with E-state index in [0.717, 1.165) is 24.2 Å².